The molecule has 1 aromatic carbocycles. The van der Waals surface area contributed by atoms with Gasteiger partial charge in [0.15, 0.2) is 11.5 Å². The molecule has 6 heteroatoms. The predicted molar refractivity (Wildman–Crippen MR) is 62.3 cm³/mol. The van der Waals surface area contributed by atoms with Gasteiger partial charge in [-0.25, -0.2) is 9.78 Å². The lowest BCUT2D eigenvalue weighted by molar-refractivity contribution is 0.171. The second-order valence-electron chi connectivity index (χ2n) is 3.66. The van der Waals surface area contributed by atoms with E-state index in [1.54, 1.807) is 35.4 Å². The molecule has 0 spiro atoms. The summed E-state index contributed by atoms with van der Waals surface area (Å²) in [5, 5.41) is 0. The van der Waals surface area contributed by atoms with Crippen molar-refractivity contribution in [1.82, 2.24) is 9.55 Å². The number of fused-ring (bicyclic) bond motifs is 1. The summed E-state index contributed by atoms with van der Waals surface area (Å²) >= 11 is 0. The zero-order chi connectivity index (χ0) is 12.4. The summed E-state index contributed by atoms with van der Waals surface area (Å²) in [6.45, 7) is 0.994. The van der Waals surface area contributed by atoms with Crippen LogP contribution in [0.4, 0.5) is 5.69 Å². The van der Waals surface area contributed by atoms with E-state index in [1.807, 2.05) is 0 Å². The molecule has 0 atom stereocenters. The highest BCUT2D eigenvalue weighted by Gasteiger charge is 2.16. The maximum absolute atomic E-state index is 10.5. The van der Waals surface area contributed by atoms with Gasteiger partial charge in [-0.05, 0) is 0 Å². The third kappa shape index (κ3) is 1.74. The van der Waals surface area contributed by atoms with Crippen LogP contribution in [0.2, 0.25) is 0 Å². The van der Waals surface area contributed by atoms with Gasteiger partial charge in [0.25, 0.3) is 0 Å². The van der Waals surface area contributed by atoms with Crippen LogP contribution < -0.4 is 9.47 Å². The highest BCUT2D eigenvalue weighted by Crippen LogP contribution is 2.38. The molecule has 3 rings (SSSR count). The molecule has 0 saturated carbocycles. The first kappa shape index (κ1) is 10.6. The summed E-state index contributed by atoms with van der Waals surface area (Å²) in [6, 6.07) is 3.43. The lowest BCUT2D eigenvalue weighted by Crippen LogP contribution is -2.15. The number of aliphatic imine (C=N–C) groups is 1. The molecule has 0 N–H and O–H groups in total. The number of carbonyl (C=O) groups excluding carboxylic acids is 1. The van der Waals surface area contributed by atoms with Crippen molar-refractivity contribution in [2.24, 2.45) is 4.99 Å². The summed E-state index contributed by atoms with van der Waals surface area (Å²) in [6.07, 6.45) is 6.56. The molecule has 1 aliphatic rings. The summed E-state index contributed by atoms with van der Waals surface area (Å²) in [5.41, 5.74) is 1.16. The minimum atomic E-state index is 0.465. The molecular formula is C12H9N3O3. The van der Waals surface area contributed by atoms with Crippen LogP contribution in [0.1, 0.15) is 0 Å². The van der Waals surface area contributed by atoms with E-state index in [-0.39, 0.29) is 0 Å². The zero-order valence-corrected chi connectivity index (χ0v) is 9.37. The van der Waals surface area contributed by atoms with E-state index >= 15 is 0 Å². The number of imidazole rings is 1. The van der Waals surface area contributed by atoms with Crippen molar-refractivity contribution in [2.75, 3.05) is 13.2 Å². The van der Waals surface area contributed by atoms with Gasteiger partial charge in [-0.15, -0.1) is 0 Å². The quantitative estimate of drug-likeness (QED) is 0.593. The molecule has 0 amide bonds. The van der Waals surface area contributed by atoms with Crippen LogP contribution in [-0.2, 0) is 4.79 Å². The van der Waals surface area contributed by atoms with E-state index in [0.717, 1.165) is 0 Å². The van der Waals surface area contributed by atoms with E-state index in [0.29, 0.717) is 36.1 Å². The van der Waals surface area contributed by atoms with Crippen LogP contribution in [0, 0.1) is 0 Å². The predicted octanol–water partition coefficient (Wildman–Crippen LogP) is 1.61. The van der Waals surface area contributed by atoms with Crippen molar-refractivity contribution in [3.05, 3.63) is 30.9 Å². The maximum atomic E-state index is 10.5. The molecule has 0 fully saturated rings. The van der Waals surface area contributed by atoms with E-state index in [2.05, 4.69) is 9.98 Å². The lowest BCUT2D eigenvalue weighted by Gasteiger charge is -2.20. The Bertz CT molecular complexity index is 616. The third-order valence-corrected chi connectivity index (χ3v) is 2.59. The number of benzene rings is 1. The minimum absolute atomic E-state index is 0.465. The Morgan fingerprint density at radius 2 is 2.06 bits per heavy atom. The number of rotatable bonds is 2. The highest BCUT2D eigenvalue weighted by atomic mass is 16.6. The highest BCUT2D eigenvalue weighted by molar-refractivity contribution is 5.68. The Morgan fingerprint density at radius 3 is 2.72 bits per heavy atom. The topological polar surface area (TPSA) is 65.7 Å². The molecule has 0 saturated heterocycles. The van der Waals surface area contributed by atoms with Gasteiger partial charge in [-0.1, -0.05) is 0 Å². The molecule has 6 nitrogen and oxygen atoms in total. The fourth-order valence-electron chi connectivity index (χ4n) is 1.81. The Balaban J connectivity index is 2.19. The number of aromatic nitrogens is 2. The average Bonchev–Trinajstić information content (AvgIpc) is 2.92. The molecule has 2 aromatic rings. The van der Waals surface area contributed by atoms with Gasteiger partial charge < -0.3 is 14.0 Å². The molecule has 1 aromatic heterocycles. The van der Waals surface area contributed by atoms with Gasteiger partial charge >= 0.3 is 0 Å². The number of nitrogens with zero attached hydrogens (tertiary/aromatic N) is 3. The van der Waals surface area contributed by atoms with Crippen LogP contribution >= 0.6 is 0 Å². The zero-order valence-electron chi connectivity index (χ0n) is 9.37. The van der Waals surface area contributed by atoms with Gasteiger partial charge in [0, 0.05) is 24.5 Å². The van der Waals surface area contributed by atoms with Crippen molar-refractivity contribution in [3.8, 4) is 17.2 Å². The second-order valence-corrected chi connectivity index (χ2v) is 3.66. The van der Waals surface area contributed by atoms with Crippen LogP contribution in [0.15, 0.2) is 35.8 Å². The molecular weight excluding hydrogens is 234 g/mol. The Hall–Kier alpha value is -2.59. The molecule has 18 heavy (non-hydrogen) atoms. The fraction of sp³-hybridized carbons (Fsp3) is 0.167. The van der Waals surface area contributed by atoms with E-state index in [1.165, 1.54) is 6.08 Å². The van der Waals surface area contributed by atoms with E-state index in [9.17, 15) is 4.79 Å². The Morgan fingerprint density at radius 1 is 1.28 bits per heavy atom. The third-order valence-electron chi connectivity index (χ3n) is 2.59. The molecule has 1 aliphatic heterocycles. The van der Waals surface area contributed by atoms with E-state index in [4.69, 9.17) is 9.47 Å². The molecule has 90 valence electrons. The van der Waals surface area contributed by atoms with Gasteiger partial charge in [-0.2, -0.15) is 4.99 Å². The molecule has 0 unspecified atom stereocenters. The first-order chi connectivity index (χ1) is 8.88. The van der Waals surface area contributed by atoms with Gasteiger partial charge in [0.05, 0.1) is 12.0 Å². The van der Waals surface area contributed by atoms with Crippen molar-refractivity contribution >= 4 is 11.8 Å². The number of hydrogen-bond donors (Lipinski definition) is 0. The summed E-state index contributed by atoms with van der Waals surface area (Å²) < 4.78 is 12.7. The molecule has 0 bridgehead atoms. The summed E-state index contributed by atoms with van der Waals surface area (Å²) in [7, 11) is 0. The normalized spacial score (nSPS) is 12.9. The Labute approximate surface area is 103 Å². The largest absolute Gasteiger partial charge is 0.486 e. The van der Waals surface area contributed by atoms with Gasteiger partial charge in [-0.3, -0.25) is 0 Å². The van der Waals surface area contributed by atoms with Crippen LogP contribution in [0.5, 0.6) is 11.5 Å². The van der Waals surface area contributed by atoms with Crippen LogP contribution in [0.3, 0.4) is 0 Å². The fourth-order valence-corrected chi connectivity index (χ4v) is 1.81. The first-order valence-electron chi connectivity index (χ1n) is 5.38. The van der Waals surface area contributed by atoms with Crippen LogP contribution in [0.25, 0.3) is 5.69 Å². The number of ether oxygens (including phenoxy) is 2. The van der Waals surface area contributed by atoms with Crippen molar-refractivity contribution < 1.29 is 14.3 Å². The van der Waals surface area contributed by atoms with Crippen molar-refractivity contribution in [1.29, 1.82) is 0 Å². The van der Waals surface area contributed by atoms with Crippen LogP contribution in [-0.4, -0.2) is 28.8 Å². The second kappa shape index (κ2) is 4.35. The molecule has 2 heterocycles. The number of isocyanates is 1. The van der Waals surface area contributed by atoms with Crippen molar-refractivity contribution in [3.63, 3.8) is 0 Å². The monoisotopic (exact) mass is 243 g/mol. The SMILES string of the molecule is O=C=Nc1cc2c(cc1-n1ccnc1)OCCO2. The minimum Gasteiger partial charge on any atom is -0.486 e. The number of hydrogen-bond acceptors (Lipinski definition) is 5. The smallest absolute Gasteiger partial charge is 0.240 e. The maximum Gasteiger partial charge on any atom is 0.240 e. The lowest BCUT2D eigenvalue weighted by atomic mass is 10.2. The summed E-state index contributed by atoms with van der Waals surface area (Å²) in [5.74, 6) is 1.22. The standard InChI is InChI=1S/C12H9N3O3/c16-8-14-9-5-11-12(18-4-3-17-11)6-10(9)15-2-1-13-7-15/h1-2,5-7H,3-4H2. The first-order valence-corrected chi connectivity index (χ1v) is 5.38. The average molecular weight is 243 g/mol. The summed E-state index contributed by atoms with van der Waals surface area (Å²) in [4.78, 5) is 18.1. The van der Waals surface area contributed by atoms with Crippen molar-refractivity contribution in [2.45, 2.75) is 0 Å². The Kier molecular flexibility index (Phi) is 2.55. The molecule has 0 radical (unpaired) electrons. The van der Waals surface area contributed by atoms with Gasteiger partial charge in [0.2, 0.25) is 6.08 Å². The van der Waals surface area contributed by atoms with Gasteiger partial charge in [0.1, 0.15) is 18.9 Å². The van der Waals surface area contributed by atoms with E-state index < -0.39 is 0 Å². The molecule has 0 aliphatic carbocycles.